The average molecular weight is 462 g/mol. The SMILES string of the molecule is CC(=CC(N)=O)c1ccc(OCc2c(F)cccc2F)c(OCCCOC2CCCCO2)c1. The molecule has 1 unspecified atom stereocenters. The van der Waals surface area contributed by atoms with Crippen LogP contribution < -0.4 is 15.2 Å². The highest BCUT2D eigenvalue weighted by Gasteiger charge is 2.15. The molecular weight excluding hydrogens is 432 g/mol. The van der Waals surface area contributed by atoms with Crippen LogP contribution in [-0.2, 0) is 20.9 Å². The molecular formula is C25H29F2NO5. The van der Waals surface area contributed by atoms with Crippen molar-refractivity contribution in [1.82, 2.24) is 0 Å². The normalized spacial score (nSPS) is 16.5. The Hall–Kier alpha value is -2.97. The number of benzene rings is 2. The molecule has 2 aromatic rings. The Morgan fingerprint density at radius 2 is 1.91 bits per heavy atom. The molecule has 1 aliphatic heterocycles. The quantitative estimate of drug-likeness (QED) is 0.386. The van der Waals surface area contributed by atoms with Gasteiger partial charge in [-0.15, -0.1) is 0 Å². The van der Waals surface area contributed by atoms with Crippen molar-refractivity contribution in [3.63, 3.8) is 0 Å². The summed E-state index contributed by atoms with van der Waals surface area (Å²) in [6.07, 6.45) is 4.79. The molecule has 3 rings (SSSR count). The third-order valence-corrected chi connectivity index (χ3v) is 5.18. The summed E-state index contributed by atoms with van der Waals surface area (Å²) in [5.74, 6) is -1.22. The molecule has 1 atom stereocenters. The number of carbonyl (C=O) groups excluding carboxylic acids is 1. The maximum absolute atomic E-state index is 14.0. The Bertz CT molecular complexity index is 953. The van der Waals surface area contributed by atoms with Crippen LogP contribution in [0.15, 0.2) is 42.5 Å². The summed E-state index contributed by atoms with van der Waals surface area (Å²) in [7, 11) is 0. The van der Waals surface area contributed by atoms with Crippen LogP contribution >= 0.6 is 0 Å². The summed E-state index contributed by atoms with van der Waals surface area (Å²) in [5.41, 5.74) is 6.44. The Labute approximate surface area is 192 Å². The standard InChI is InChI=1S/C25H29F2NO5/c1-17(14-24(28)29)18-9-10-22(33-16-19-20(26)6-4-7-21(19)27)23(15-18)30-12-5-13-32-25-8-2-3-11-31-25/h4,6-7,9-10,14-15,25H,2-3,5,8,11-13,16H2,1H3,(H2,28,29). The van der Waals surface area contributed by atoms with Gasteiger partial charge in [-0.3, -0.25) is 4.79 Å². The van der Waals surface area contributed by atoms with Gasteiger partial charge in [0.2, 0.25) is 5.91 Å². The zero-order chi connectivity index (χ0) is 23.6. The molecule has 0 saturated carbocycles. The van der Waals surface area contributed by atoms with Crippen molar-refractivity contribution in [3.05, 3.63) is 65.2 Å². The number of primary amides is 1. The summed E-state index contributed by atoms with van der Waals surface area (Å²) in [6, 6.07) is 8.71. The second kappa shape index (κ2) is 12.3. The summed E-state index contributed by atoms with van der Waals surface area (Å²) < 4.78 is 50.8. The second-order valence-electron chi connectivity index (χ2n) is 7.75. The summed E-state index contributed by atoms with van der Waals surface area (Å²) >= 11 is 0. The molecule has 178 valence electrons. The zero-order valence-electron chi connectivity index (χ0n) is 18.7. The average Bonchev–Trinajstić information content (AvgIpc) is 2.79. The number of nitrogens with two attached hydrogens (primary N) is 1. The van der Waals surface area contributed by atoms with Crippen molar-refractivity contribution in [3.8, 4) is 11.5 Å². The first kappa shape index (κ1) is 24.7. The fourth-order valence-corrected chi connectivity index (χ4v) is 3.40. The van der Waals surface area contributed by atoms with E-state index in [-0.39, 0.29) is 18.5 Å². The molecule has 2 N–H and O–H groups in total. The first-order chi connectivity index (χ1) is 15.9. The first-order valence-electron chi connectivity index (χ1n) is 11.0. The van der Waals surface area contributed by atoms with E-state index in [0.29, 0.717) is 42.3 Å². The van der Waals surface area contributed by atoms with Crippen molar-refractivity contribution in [2.75, 3.05) is 19.8 Å². The van der Waals surface area contributed by atoms with Crippen molar-refractivity contribution in [2.24, 2.45) is 5.73 Å². The number of carbonyl (C=O) groups is 1. The number of hydrogen-bond donors (Lipinski definition) is 1. The van der Waals surface area contributed by atoms with Crippen LogP contribution in [0.1, 0.15) is 43.7 Å². The van der Waals surface area contributed by atoms with Crippen LogP contribution in [0, 0.1) is 11.6 Å². The molecule has 1 heterocycles. The van der Waals surface area contributed by atoms with Crippen LogP contribution in [0.4, 0.5) is 8.78 Å². The maximum Gasteiger partial charge on any atom is 0.241 e. The van der Waals surface area contributed by atoms with Crippen molar-refractivity contribution < 1.29 is 32.5 Å². The minimum atomic E-state index is -0.684. The number of ether oxygens (including phenoxy) is 4. The summed E-state index contributed by atoms with van der Waals surface area (Å²) in [5, 5.41) is 0. The molecule has 1 fully saturated rings. The van der Waals surface area contributed by atoms with E-state index in [1.807, 2.05) is 0 Å². The maximum atomic E-state index is 14.0. The smallest absolute Gasteiger partial charge is 0.241 e. The molecule has 33 heavy (non-hydrogen) atoms. The van der Waals surface area contributed by atoms with E-state index in [0.717, 1.165) is 25.9 Å². The number of rotatable bonds is 11. The van der Waals surface area contributed by atoms with E-state index in [9.17, 15) is 13.6 Å². The molecule has 0 radical (unpaired) electrons. The van der Waals surface area contributed by atoms with E-state index >= 15 is 0 Å². The lowest BCUT2D eigenvalue weighted by Gasteiger charge is -2.22. The Kier molecular flexibility index (Phi) is 9.21. The minimum Gasteiger partial charge on any atom is -0.490 e. The van der Waals surface area contributed by atoms with Gasteiger partial charge in [0.05, 0.1) is 18.8 Å². The fourth-order valence-electron chi connectivity index (χ4n) is 3.40. The molecule has 0 aromatic heterocycles. The second-order valence-corrected chi connectivity index (χ2v) is 7.75. The molecule has 0 aliphatic carbocycles. The molecule has 2 aromatic carbocycles. The Morgan fingerprint density at radius 3 is 2.61 bits per heavy atom. The van der Waals surface area contributed by atoms with Gasteiger partial charge in [0.1, 0.15) is 18.2 Å². The van der Waals surface area contributed by atoms with Crippen molar-refractivity contribution in [1.29, 1.82) is 0 Å². The lowest BCUT2D eigenvalue weighted by molar-refractivity contribution is -0.163. The molecule has 1 saturated heterocycles. The molecule has 0 spiro atoms. The number of amides is 1. The van der Waals surface area contributed by atoms with E-state index < -0.39 is 17.5 Å². The lowest BCUT2D eigenvalue weighted by atomic mass is 10.1. The van der Waals surface area contributed by atoms with Crippen LogP contribution in [0.5, 0.6) is 11.5 Å². The van der Waals surface area contributed by atoms with Gasteiger partial charge in [-0.1, -0.05) is 12.1 Å². The van der Waals surface area contributed by atoms with Crippen molar-refractivity contribution in [2.45, 2.75) is 45.5 Å². The van der Waals surface area contributed by atoms with Crippen LogP contribution in [0.3, 0.4) is 0 Å². The first-order valence-corrected chi connectivity index (χ1v) is 11.0. The molecule has 1 amide bonds. The lowest BCUT2D eigenvalue weighted by Crippen LogP contribution is -2.23. The Balaban J connectivity index is 1.66. The highest BCUT2D eigenvalue weighted by Crippen LogP contribution is 2.32. The number of allylic oxidation sites excluding steroid dienone is 1. The molecule has 1 aliphatic rings. The van der Waals surface area contributed by atoms with Gasteiger partial charge in [0.25, 0.3) is 0 Å². The van der Waals surface area contributed by atoms with Gasteiger partial charge in [-0.25, -0.2) is 8.78 Å². The zero-order valence-corrected chi connectivity index (χ0v) is 18.7. The predicted molar refractivity (Wildman–Crippen MR) is 120 cm³/mol. The summed E-state index contributed by atoms with van der Waals surface area (Å²) in [4.78, 5) is 11.2. The monoisotopic (exact) mass is 461 g/mol. The topological polar surface area (TPSA) is 80.0 Å². The molecule has 6 nitrogen and oxygen atoms in total. The Morgan fingerprint density at radius 1 is 1.12 bits per heavy atom. The van der Waals surface area contributed by atoms with Crippen molar-refractivity contribution >= 4 is 11.5 Å². The largest absolute Gasteiger partial charge is 0.490 e. The number of hydrogen-bond acceptors (Lipinski definition) is 5. The molecule has 8 heteroatoms. The van der Waals surface area contributed by atoms with Gasteiger partial charge >= 0.3 is 0 Å². The molecule has 0 bridgehead atoms. The van der Waals surface area contributed by atoms with E-state index in [1.165, 1.54) is 24.3 Å². The van der Waals surface area contributed by atoms with Crippen LogP contribution in [0.25, 0.3) is 5.57 Å². The van der Waals surface area contributed by atoms with Gasteiger partial charge in [0.15, 0.2) is 17.8 Å². The van der Waals surface area contributed by atoms with E-state index in [2.05, 4.69) is 0 Å². The number of halogens is 2. The summed E-state index contributed by atoms with van der Waals surface area (Å²) in [6.45, 7) is 2.97. The highest BCUT2D eigenvalue weighted by atomic mass is 19.1. The predicted octanol–water partition coefficient (Wildman–Crippen LogP) is 4.74. The third-order valence-electron chi connectivity index (χ3n) is 5.18. The van der Waals surface area contributed by atoms with Gasteiger partial charge < -0.3 is 24.7 Å². The third kappa shape index (κ3) is 7.54. The highest BCUT2D eigenvalue weighted by molar-refractivity contribution is 5.93. The van der Waals surface area contributed by atoms with Crippen LogP contribution in [0.2, 0.25) is 0 Å². The fraction of sp³-hybridized carbons (Fsp3) is 0.400. The van der Waals surface area contributed by atoms with Gasteiger partial charge in [-0.2, -0.15) is 0 Å². The van der Waals surface area contributed by atoms with E-state index in [1.54, 1.807) is 25.1 Å². The van der Waals surface area contributed by atoms with Crippen LogP contribution in [-0.4, -0.2) is 32.0 Å². The minimum absolute atomic E-state index is 0.168. The van der Waals surface area contributed by atoms with E-state index in [4.69, 9.17) is 24.7 Å². The van der Waals surface area contributed by atoms with Gasteiger partial charge in [0, 0.05) is 19.1 Å². The van der Waals surface area contributed by atoms with Gasteiger partial charge in [-0.05, 0) is 61.6 Å².